The highest BCUT2D eigenvalue weighted by Gasteiger charge is 2.81. The van der Waals surface area contributed by atoms with E-state index >= 15 is 0 Å². The van der Waals surface area contributed by atoms with E-state index in [0.717, 1.165) is 0 Å². The van der Waals surface area contributed by atoms with Crippen molar-refractivity contribution in [3.63, 3.8) is 0 Å². The number of ether oxygens (including phenoxy) is 1. The molecule has 0 aliphatic rings. The molecule has 24 heavy (non-hydrogen) atoms. The van der Waals surface area contributed by atoms with E-state index < -0.39 is 35.5 Å². The number of alkyl halides is 9. The van der Waals surface area contributed by atoms with E-state index in [0.29, 0.717) is 12.1 Å². The Bertz CT molecular complexity index is 590. The van der Waals surface area contributed by atoms with Gasteiger partial charge < -0.3 is 4.74 Å². The van der Waals surface area contributed by atoms with Gasteiger partial charge in [-0.1, -0.05) is 12.1 Å². The predicted molar refractivity (Wildman–Crippen MR) is 62.2 cm³/mol. The van der Waals surface area contributed by atoms with Gasteiger partial charge in [-0.3, -0.25) is 0 Å². The zero-order valence-electron chi connectivity index (χ0n) is 11.7. The van der Waals surface area contributed by atoms with E-state index in [9.17, 15) is 44.3 Å². The summed E-state index contributed by atoms with van der Waals surface area (Å²) in [4.78, 5) is 11.3. The number of rotatable bonds is 5. The molecule has 0 fully saturated rings. The molecule has 1 aromatic carbocycles. The third kappa shape index (κ3) is 3.16. The van der Waals surface area contributed by atoms with Crippen LogP contribution < -0.4 is 0 Å². The zero-order valence-corrected chi connectivity index (χ0v) is 11.7. The van der Waals surface area contributed by atoms with E-state index in [2.05, 4.69) is 4.74 Å². The summed E-state index contributed by atoms with van der Waals surface area (Å²) in [5.74, 6) is -20.6. The SMILES string of the molecule is CCOC(=O)c1ccc(C(F)(F)C(F)(F)C(F)(F)C(F)(F)F)cc1. The van der Waals surface area contributed by atoms with Crippen LogP contribution in [-0.2, 0) is 10.7 Å². The summed E-state index contributed by atoms with van der Waals surface area (Å²) in [6, 6.07) is 1.38. The minimum atomic E-state index is -6.97. The number of hydrogen-bond donors (Lipinski definition) is 0. The number of carbonyl (C=O) groups excluding carboxylic acids is 1. The number of carbonyl (C=O) groups is 1. The molecule has 0 spiro atoms. The minimum Gasteiger partial charge on any atom is -0.462 e. The Balaban J connectivity index is 3.26. The Morgan fingerprint density at radius 3 is 1.71 bits per heavy atom. The first-order chi connectivity index (χ1) is 10.7. The second-order valence-electron chi connectivity index (χ2n) is 4.52. The average molecular weight is 368 g/mol. The van der Waals surface area contributed by atoms with Gasteiger partial charge in [0.25, 0.3) is 0 Å². The normalized spacial score (nSPS) is 13.8. The molecule has 0 radical (unpaired) electrons. The Morgan fingerprint density at radius 2 is 1.33 bits per heavy atom. The molecular formula is C13H9F9O2. The van der Waals surface area contributed by atoms with Crippen LogP contribution in [0.4, 0.5) is 39.5 Å². The zero-order chi connectivity index (χ0) is 19.0. The first kappa shape index (κ1) is 20.1. The third-order valence-electron chi connectivity index (χ3n) is 2.90. The van der Waals surface area contributed by atoms with Crippen LogP contribution in [-0.4, -0.2) is 30.6 Å². The van der Waals surface area contributed by atoms with E-state index in [-0.39, 0.29) is 24.3 Å². The van der Waals surface area contributed by atoms with E-state index in [1.165, 1.54) is 6.92 Å². The lowest BCUT2D eigenvalue weighted by Gasteiger charge is -2.33. The molecule has 1 rings (SSSR count). The van der Waals surface area contributed by atoms with Crippen molar-refractivity contribution in [1.82, 2.24) is 0 Å². The summed E-state index contributed by atoms with van der Waals surface area (Å²) in [5.41, 5.74) is -2.19. The summed E-state index contributed by atoms with van der Waals surface area (Å²) >= 11 is 0. The molecule has 0 saturated carbocycles. The molecule has 0 heterocycles. The van der Waals surface area contributed by atoms with Gasteiger partial charge in [-0.15, -0.1) is 0 Å². The highest BCUT2D eigenvalue weighted by Crippen LogP contribution is 2.56. The fourth-order valence-corrected chi connectivity index (χ4v) is 1.59. The number of hydrogen-bond acceptors (Lipinski definition) is 2. The third-order valence-corrected chi connectivity index (χ3v) is 2.90. The smallest absolute Gasteiger partial charge is 0.460 e. The molecule has 0 saturated heterocycles. The molecule has 0 bridgehead atoms. The standard InChI is InChI=1S/C13H9F9O2/c1-2-24-9(23)7-3-5-8(6-4-7)10(14,15)11(16,17)12(18,19)13(20,21)22/h3-6H,2H2,1H3. The van der Waals surface area contributed by atoms with Gasteiger partial charge in [0.15, 0.2) is 0 Å². The van der Waals surface area contributed by atoms with Gasteiger partial charge >= 0.3 is 29.9 Å². The number of benzene rings is 1. The van der Waals surface area contributed by atoms with Crippen molar-refractivity contribution in [2.45, 2.75) is 30.9 Å². The maximum absolute atomic E-state index is 13.6. The summed E-state index contributed by atoms with van der Waals surface area (Å²) < 4.78 is 120. The van der Waals surface area contributed by atoms with Crippen molar-refractivity contribution in [2.75, 3.05) is 6.61 Å². The summed E-state index contributed by atoms with van der Waals surface area (Å²) in [5, 5.41) is 0. The van der Waals surface area contributed by atoms with Crippen molar-refractivity contribution >= 4 is 5.97 Å². The maximum atomic E-state index is 13.6. The van der Waals surface area contributed by atoms with Crippen molar-refractivity contribution in [3.8, 4) is 0 Å². The molecule has 0 aromatic heterocycles. The monoisotopic (exact) mass is 368 g/mol. The lowest BCUT2D eigenvalue weighted by atomic mass is 9.96. The Hall–Kier alpha value is -1.94. The summed E-state index contributed by atoms with van der Waals surface area (Å²) in [6.45, 7) is 1.33. The Morgan fingerprint density at radius 1 is 0.875 bits per heavy atom. The fourth-order valence-electron chi connectivity index (χ4n) is 1.59. The quantitative estimate of drug-likeness (QED) is 0.552. The number of esters is 1. The molecule has 0 atom stereocenters. The van der Waals surface area contributed by atoms with Crippen LogP contribution in [0, 0.1) is 0 Å². The molecule has 0 unspecified atom stereocenters. The predicted octanol–water partition coefficient (Wildman–Crippen LogP) is 4.79. The van der Waals surface area contributed by atoms with Crippen LogP contribution in [0.15, 0.2) is 24.3 Å². The molecule has 2 nitrogen and oxygen atoms in total. The van der Waals surface area contributed by atoms with Gasteiger partial charge in [-0.25, -0.2) is 4.79 Å². The van der Waals surface area contributed by atoms with Crippen LogP contribution in [0.2, 0.25) is 0 Å². The van der Waals surface area contributed by atoms with Crippen molar-refractivity contribution in [1.29, 1.82) is 0 Å². The topological polar surface area (TPSA) is 26.3 Å². The second-order valence-corrected chi connectivity index (χ2v) is 4.52. The molecule has 1 aromatic rings. The first-order valence-electron chi connectivity index (χ1n) is 6.18. The minimum absolute atomic E-state index is 0.0907. The van der Waals surface area contributed by atoms with Crippen molar-refractivity contribution in [2.24, 2.45) is 0 Å². The summed E-state index contributed by atoms with van der Waals surface area (Å²) in [7, 11) is 0. The summed E-state index contributed by atoms with van der Waals surface area (Å²) in [6.07, 6.45) is -6.88. The maximum Gasteiger partial charge on any atom is 0.460 e. The molecule has 136 valence electrons. The molecule has 0 aliphatic carbocycles. The highest BCUT2D eigenvalue weighted by atomic mass is 19.4. The van der Waals surface area contributed by atoms with E-state index in [4.69, 9.17) is 0 Å². The van der Waals surface area contributed by atoms with Crippen LogP contribution in [0.1, 0.15) is 22.8 Å². The van der Waals surface area contributed by atoms with Gasteiger partial charge in [0.05, 0.1) is 12.2 Å². The first-order valence-corrected chi connectivity index (χ1v) is 6.18. The Kier molecular flexibility index (Phi) is 5.17. The molecular weight excluding hydrogens is 359 g/mol. The van der Waals surface area contributed by atoms with Gasteiger partial charge in [-0.2, -0.15) is 39.5 Å². The lowest BCUT2D eigenvalue weighted by molar-refractivity contribution is -0.399. The van der Waals surface area contributed by atoms with Crippen LogP contribution in [0.5, 0.6) is 0 Å². The molecule has 11 heteroatoms. The largest absolute Gasteiger partial charge is 0.462 e. The molecule has 0 amide bonds. The van der Waals surface area contributed by atoms with Crippen molar-refractivity contribution < 1.29 is 49.0 Å². The van der Waals surface area contributed by atoms with Gasteiger partial charge in [-0.05, 0) is 19.1 Å². The van der Waals surface area contributed by atoms with E-state index in [1.807, 2.05) is 0 Å². The van der Waals surface area contributed by atoms with Crippen molar-refractivity contribution in [3.05, 3.63) is 35.4 Å². The second kappa shape index (κ2) is 6.17. The highest BCUT2D eigenvalue weighted by molar-refractivity contribution is 5.89. The Labute approximate surface area is 129 Å². The van der Waals surface area contributed by atoms with E-state index in [1.54, 1.807) is 0 Å². The number of halogens is 9. The average Bonchev–Trinajstić information content (AvgIpc) is 2.46. The van der Waals surface area contributed by atoms with Crippen LogP contribution in [0.25, 0.3) is 0 Å². The fraction of sp³-hybridized carbons (Fsp3) is 0.462. The molecule has 0 N–H and O–H groups in total. The van der Waals surface area contributed by atoms with Crippen LogP contribution in [0.3, 0.4) is 0 Å². The van der Waals surface area contributed by atoms with Gasteiger partial charge in [0.1, 0.15) is 0 Å². The van der Waals surface area contributed by atoms with Crippen LogP contribution >= 0.6 is 0 Å². The molecule has 0 aliphatic heterocycles. The van der Waals surface area contributed by atoms with Gasteiger partial charge in [0.2, 0.25) is 0 Å². The van der Waals surface area contributed by atoms with Gasteiger partial charge in [0, 0.05) is 5.56 Å². The lowest BCUT2D eigenvalue weighted by Crippen LogP contribution is -2.59.